The Hall–Kier alpha value is -1.69. The minimum Gasteiger partial charge on any atom is -0.298 e. The highest BCUT2D eigenvalue weighted by molar-refractivity contribution is 5.79. The van der Waals surface area contributed by atoms with Crippen LogP contribution in [-0.4, -0.2) is 6.29 Å². The molecule has 1 aromatic rings. The van der Waals surface area contributed by atoms with Crippen molar-refractivity contribution in [2.75, 3.05) is 0 Å². The lowest BCUT2D eigenvalue weighted by Crippen LogP contribution is -1.90. The summed E-state index contributed by atoms with van der Waals surface area (Å²) in [6.07, 6.45) is 0.460. The Bertz CT molecular complexity index is 327. The van der Waals surface area contributed by atoms with Gasteiger partial charge < -0.3 is 0 Å². The van der Waals surface area contributed by atoms with Gasteiger partial charge in [-0.3, -0.25) is 4.79 Å². The SMILES string of the molecule is N#Cc1c(F)cccc1C=O. The van der Waals surface area contributed by atoms with Crippen LogP contribution in [0.15, 0.2) is 18.2 Å². The van der Waals surface area contributed by atoms with Crippen molar-refractivity contribution >= 4 is 6.29 Å². The van der Waals surface area contributed by atoms with Crippen LogP contribution in [0.25, 0.3) is 0 Å². The molecule has 0 N–H and O–H groups in total. The first-order valence-electron chi connectivity index (χ1n) is 2.93. The highest BCUT2D eigenvalue weighted by Crippen LogP contribution is 2.09. The van der Waals surface area contributed by atoms with Crippen molar-refractivity contribution in [3.05, 3.63) is 35.1 Å². The Morgan fingerprint density at radius 2 is 2.27 bits per heavy atom. The van der Waals surface area contributed by atoms with Gasteiger partial charge in [0.1, 0.15) is 11.9 Å². The van der Waals surface area contributed by atoms with Crippen LogP contribution in [0.3, 0.4) is 0 Å². The van der Waals surface area contributed by atoms with Crippen molar-refractivity contribution in [3.63, 3.8) is 0 Å². The van der Waals surface area contributed by atoms with E-state index in [0.29, 0.717) is 6.29 Å². The number of rotatable bonds is 1. The molecular formula is C8H4FNO. The first-order chi connectivity index (χ1) is 5.29. The number of nitrogens with zero attached hydrogens (tertiary/aromatic N) is 1. The monoisotopic (exact) mass is 149 g/mol. The van der Waals surface area contributed by atoms with Crippen LogP contribution in [0, 0.1) is 17.1 Å². The molecule has 54 valence electrons. The summed E-state index contributed by atoms with van der Waals surface area (Å²) in [5.74, 6) is -0.655. The summed E-state index contributed by atoms with van der Waals surface area (Å²) < 4.78 is 12.7. The van der Waals surface area contributed by atoms with Crippen LogP contribution in [0.5, 0.6) is 0 Å². The van der Waals surface area contributed by atoms with E-state index in [1.54, 1.807) is 6.07 Å². The average molecular weight is 149 g/mol. The molecular weight excluding hydrogens is 145 g/mol. The standard InChI is InChI=1S/C8H4FNO/c9-8-3-1-2-6(5-11)7(8)4-10/h1-3,5H. The Labute approximate surface area is 62.9 Å². The summed E-state index contributed by atoms with van der Waals surface area (Å²) >= 11 is 0. The second-order valence-corrected chi connectivity index (χ2v) is 1.93. The van der Waals surface area contributed by atoms with Crippen molar-refractivity contribution in [2.45, 2.75) is 0 Å². The lowest BCUT2D eigenvalue weighted by Gasteiger charge is -1.94. The molecule has 1 rings (SSSR count). The topological polar surface area (TPSA) is 40.9 Å². The molecule has 0 amide bonds. The molecule has 0 atom stereocenters. The van der Waals surface area contributed by atoms with Crippen LogP contribution in [0.2, 0.25) is 0 Å². The molecule has 0 saturated carbocycles. The Kier molecular flexibility index (Phi) is 1.98. The predicted octanol–water partition coefficient (Wildman–Crippen LogP) is 1.51. The minimum atomic E-state index is -0.655. The molecule has 1 aromatic carbocycles. The highest BCUT2D eigenvalue weighted by Gasteiger charge is 2.04. The van der Waals surface area contributed by atoms with E-state index in [1.165, 1.54) is 12.1 Å². The largest absolute Gasteiger partial charge is 0.298 e. The summed E-state index contributed by atoms with van der Waals surface area (Å²) in [4.78, 5) is 10.2. The number of carbonyl (C=O) groups excluding carboxylic acids is 1. The van der Waals surface area contributed by atoms with E-state index >= 15 is 0 Å². The molecule has 3 heteroatoms. The van der Waals surface area contributed by atoms with E-state index in [2.05, 4.69) is 0 Å². The predicted molar refractivity (Wildman–Crippen MR) is 36.5 cm³/mol. The third kappa shape index (κ3) is 1.24. The number of benzene rings is 1. The number of carbonyl (C=O) groups is 1. The molecule has 0 radical (unpaired) electrons. The van der Waals surface area contributed by atoms with Gasteiger partial charge in [0.05, 0.1) is 5.56 Å². The third-order valence-corrected chi connectivity index (χ3v) is 1.28. The molecule has 0 aromatic heterocycles. The average Bonchev–Trinajstić information content (AvgIpc) is 2.04. The minimum absolute atomic E-state index is 0.0903. The van der Waals surface area contributed by atoms with Gasteiger partial charge in [-0.2, -0.15) is 5.26 Å². The van der Waals surface area contributed by atoms with Gasteiger partial charge in [-0.15, -0.1) is 0 Å². The van der Waals surface area contributed by atoms with Crippen LogP contribution in [-0.2, 0) is 0 Å². The Balaban J connectivity index is 3.38. The lowest BCUT2D eigenvalue weighted by molar-refractivity contribution is 0.112. The van der Waals surface area contributed by atoms with E-state index in [0.717, 1.165) is 6.07 Å². The molecule has 0 unspecified atom stereocenters. The van der Waals surface area contributed by atoms with Crippen molar-refractivity contribution in [1.82, 2.24) is 0 Å². The summed E-state index contributed by atoms with van der Waals surface area (Å²) in [6, 6.07) is 5.54. The zero-order chi connectivity index (χ0) is 8.27. The van der Waals surface area contributed by atoms with E-state index in [1.807, 2.05) is 0 Å². The van der Waals surface area contributed by atoms with Gasteiger partial charge in [-0.1, -0.05) is 12.1 Å². The van der Waals surface area contributed by atoms with Gasteiger partial charge >= 0.3 is 0 Å². The first-order valence-corrected chi connectivity index (χ1v) is 2.93. The fraction of sp³-hybridized carbons (Fsp3) is 0. The van der Waals surface area contributed by atoms with Crippen molar-refractivity contribution in [3.8, 4) is 6.07 Å². The fourth-order valence-electron chi connectivity index (χ4n) is 0.757. The normalized spacial score (nSPS) is 8.73. The zero-order valence-electron chi connectivity index (χ0n) is 5.54. The van der Waals surface area contributed by atoms with Crippen LogP contribution < -0.4 is 0 Å². The van der Waals surface area contributed by atoms with Crippen molar-refractivity contribution in [1.29, 1.82) is 5.26 Å². The molecule has 2 nitrogen and oxygen atoms in total. The molecule has 0 fully saturated rings. The van der Waals surface area contributed by atoms with Gasteiger partial charge in [0.15, 0.2) is 6.29 Å². The summed E-state index contributed by atoms with van der Waals surface area (Å²) in [5.41, 5.74) is -0.102. The zero-order valence-corrected chi connectivity index (χ0v) is 5.54. The van der Waals surface area contributed by atoms with Gasteiger partial charge in [-0.05, 0) is 6.07 Å². The molecule has 11 heavy (non-hydrogen) atoms. The highest BCUT2D eigenvalue weighted by atomic mass is 19.1. The summed E-state index contributed by atoms with van der Waals surface area (Å²) in [6.45, 7) is 0. The molecule has 0 bridgehead atoms. The first kappa shape index (κ1) is 7.42. The smallest absolute Gasteiger partial charge is 0.151 e. The molecule has 0 saturated heterocycles. The van der Waals surface area contributed by atoms with Crippen molar-refractivity contribution < 1.29 is 9.18 Å². The molecule has 0 aliphatic rings. The molecule has 0 heterocycles. The number of halogens is 1. The van der Waals surface area contributed by atoms with Crippen LogP contribution >= 0.6 is 0 Å². The van der Waals surface area contributed by atoms with Gasteiger partial charge in [0.25, 0.3) is 0 Å². The second-order valence-electron chi connectivity index (χ2n) is 1.93. The second kappa shape index (κ2) is 2.93. The number of nitriles is 1. The summed E-state index contributed by atoms with van der Waals surface area (Å²) in [7, 11) is 0. The van der Waals surface area contributed by atoms with Crippen molar-refractivity contribution in [2.24, 2.45) is 0 Å². The third-order valence-electron chi connectivity index (χ3n) is 1.28. The van der Waals surface area contributed by atoms with Gasteiger partial charge in [0.2, 0.25) is 0 Å². The molecule has 0 aliphatic carbocycles. The van der Waals surface area contributed by atoms with Gasteiger partial charge in [0, 0.05) is 5.56 Å². The fourth-order valence-corrected chi connectivity index (χ4v) is 0.757. The maximum absolute atomic E-state index is 12.7. The van der Waals surface area contributed by atoms with E-state index in [4.69, 9.17) is 5.26 Å². The Morgan fingerprint density at radius 3 is 2.73 bits per heavy atom. The molecule has 0 aliphatic heterocycles. The molecule has 0 spiro atoms. The number of hydrogen-bond acceptors (Lipinski definition) is 2. The van der Waals surface area contributed by atoms with E-state index in [-0.39, 0.29) is 11.1 Å². The van der Waals surface area contributed by atoms with Crippen LogP contribution in [0.4, 0.5) is 4.39 Å². The number of aldehydes is 1. The maximum Gasteiger partial charge on any atom is 0.151 e. The lowest BCUT2D eigenvalue weighted by atomic mass is 10.1. The number of hydrogen-bond donors (Lipinski definition) is 0. The van der Waals surface area contributed by atoms with E-state index < -0.39 is 5.82 Å². The van der Waals surface area contributed by atoms with Gasteiger partial charge in [-0.25, -0.2) is 4.39 Å². The Morgan fingerprint density at radius 1 is 1.55 bits per heavy atom. The van der Waals surface area contributed by atoms with Crippen LogP contribution in [0.1, 0.15) is 15.9 Å². The van der Waals surface area contributed by atoms with E-state index in [9.17, 15) is 9.18 Å². The maximum atomic E-state index is 12.7. The summed E-state index contributed by atoms with van der Waals surface area (Å²) in [5, 5.41) is 8.38. The quantitative estimate of drug-likeness (QED) is 0.568.